The first-order chi connectivity index (χ1) is 15.6. The number of amides is 3. The number of aromatic nitrogens is 1. The van der Waals surface area contributed by atoms with Crippen molar-refractivity contribution in [1.82, 2.24) is 10.3 Å². The van der Waals surface area contributed by atoms with Crippen molar-refractivity contribution in [3.63, 3.8) is 0 Å². The van der Waals surface area contributed by atoms with Gasteiger partial charge in [0.15, 0.2) is 0 Å². The number of nitrogens with one attached hydrogen (secondary N) is 2. The van der Waals surface area contributed by atoms with Crippen LogP contribution in [-0.2, 0) is 20.7 Å². The van der Waals surface area contributed by atoms with Gasteiger partial charge in [-0.25, -0.2) is 9.78 Å². The van der Waals surface area contributed by atoms with Gasteiger partial charge in [0.05, 0.1) is 27.9 Å². The first-order valence-corrected chi connectivity index (χ1v) is 10.4. The Morgan fingerprint density at radius 2 is 2.03 bits per heavy atom. The number of thioether (sulfide) groups is 1. The standard InChI is InChI=1S/C21H18N4O7S/c1-11(2)32-20(28)14-5-6-17(22-10-14)23-18(26)9-13-4-3-12(7-15(13)25(30)31)8-16-19(27)24-21(29)33-16/h3-8,10-11H,9H2,1-2H3,(H,22,23,26)(H,24,27,29)/b16-8-. The molecule has 0 bridgehead atoms. The summed E-state index contributed by atoms with van der Waals surface area (Å²) in [6, 6.07) is 7.00. The van der Waals surface area contributed by atoms with Crippen LogP contribution in [0.15, 0.2) is 41.4 Å². The number of hydrogen-bond acceptors (Lipinski definition) is 9. The number of nitro benzene ring substituents is 1. The van der Waals surface area contributed by atoms with Gasteiger partial charge in [0.25, 0.3) is 16.8 Å². The van der Waals surface area contributed by atoms with E-state index in [9.17, 15) is 29.3 Å². The summed E-state index contributed by atoms with van der Waals surface area (Å²) in [5.74, 6) is -1.50. The third kappa shape index (κ3) is 6.23. The van der Waals surface area contributed by atoms with Crippen LogP contribution in [0.3, 0.4) is 0 Å². The highest BCUT2D eigenvalue weighted by Crippen LogP contribution is 2.28. The highest BCUT2D eigenvalue weighted by Gasteiger charge is 2.25. The second-order valence-corrected chi connectivity index (χ2v) is 8.12. The second-order valence-electron chi connectivity index (χ2n) is 7.11. The number of esters is 1. The van der Waals surface area contributed by atoms with Gasteiger partial charge in [-0.15, -0.1) is 0 Å². The molecule has 0 unspecified atom stereocenters. The number of carbonyl (C=O) groups excluding carboxylic acids is 4. The molecule has 2 N–H and O–H groups in total. The Kier molecular flexibility index (Phi) is 7.18. The third-order valence-corrected chi connectivity index (χ3v) is 5.02. The van der Waals surface area contributed by atoms with Crippen molar-refractivity contribution in [1.29, 1.82) is 0 Å². The van der Waals surface area contributed by atoms with E-state index in [0.717, 1.165) is 0 Å². The van der Waals surface area contributed by atoms with Crippen molar-refractivity contribution < 1.29 is 28.8 Å². The molecule has 3 rings (SSSR count). The first-order valence-electron chi connectivity index (χ1n) is 9.61. The summed E-state index contributed by atoms with van der Waals surface area (Å²) in [5, 5.41) is 15.6. The lowest BCUT2D eigenvalue weighted by Gasteiger charge is -2.09. The van der Waals surface area contributed by atoms with Gasteiger partial charge >= 0.3 is 5.97 Å². The fourth-order valence-electron chi connectivity index (χ4n) is 2.79. The van der Waals surface area contributed by atoms with Crippen LogP contribution in [0.25, 0.3) is 6.08 Å². The molecular weight excluding hydrogens is 452 g/mol. The van der Waals surface area contributed by atoms with Gasteiger partial charge in [-0.05, 0) is 49.4 Å². The van der Waals surface area contributed by atoms with Crippen molar-refractivity contribution in [3.05, 3.63) is 68.2 Å². The van der Waals surface area contributed by atoms with Crippen LogP contribution in [-0.4, -0.2) is 39.0 Å². The summed E-state index contributed by atoms with van der Waals surface area (Å²) in [7, 11) is 0. The lowest BCUT2D eigenvalue weighted by molar-refractivity contribution is -0.385. The number of ether oxygens (including phenoxy) is 1. The molecule has 1 aliphatic rings. The van der Waals surface area contributed by atoms with Crippen LogP contribution < -0.4 is 10.6 Å². The van der Waals surface area contributed by atoms with Gasteiger partial charge in [-0.1, -0.05) is 12.1 Å². The van der Waals surface area contributed by atoms with Gasteiger partial charge in [-0.3, -0.25) is 29.8 Å². The maximum Gasteiger partial charge on any atom is 0.339 e. The molecule has 11 nitrogen and oxygen atoms in total. The molecule has 0 saturated carbocycles. The van der Waals surface area contributed by atoms with Crippen molar-refractivity contribution in [2.75, 3.05) is 5.32 Å². The number of nitro groups is 1. The normalized spacial score (nSPS) is 14.3. The zero-order valence-electron chi connectivity index (χ0n) is 17.5. The summed E-state index contributed by atoms with van der Waals surface area (Å²) in [6.45, 7) is 3.43. The van der Waals surface area contributed by atoms with E-state index in [4.69, 9.17) is 4.74 Å². The lowest BCUT2D eigenvalue weighted by Crippen LogP contribution is -2.17. The number of anilines is 1. The molecule has 1 aliphatic heterocycles. The van der Waals surface area contributed by atoms with E-state index in [-0.39, 0.29) is 40.1 Å². The zero-order chi connectivity index (χ0) is 24.1. The van der Waals surface area contributed by atoms with Crippen LogP contribution in [0.2, 0.25) is 0 Å². The molecule has 0 radical (unpaired) electrons. The Bertz CT molecular complexity index is 1180. The van der Waals surface area contributed by atoms with Gasteiger partial charge < -0.3 is 10.1 Å². The van der Waals surface area contributed by atoms with E-state index in [1.54, 1.807) is 13.8 Å². The topological polar surface area (TPSA) is 158 Å². The molecule has 1 saturated heterocycles. The second kappa shape index (κ2) is 10.0. The van der Waals surface area contributed by atoms with Gasteiger partial charge in [0.1, 0.15) is 5.82 Å². The van der Waals surface area contributed by atoms with Crippen LogP contribution in [0.1, 0.15) is 35.3 Å². The molecule has 12 heteroatoms. The minimum absolute atomic E-state index is 0.117. The highest BCUT2D eigenvalue weighted by molar-refractivity contribution is 8.18. The molecule has 170 valence electrons. The first kappa shape index (κ1) is 23.6. The minimum Gasteiger partial charge on any atom is -0.459 e. The monoisotopic (exact) mass is 470 g/mol. The lowest BCUT2D eigenvalue weighted by atomic mass is 10.1. The Morgan fingerprint density at radius 3 is 2.61 bits per heavy atom. The summed E-state index contributed by atoms with van der Waals surface area (Å²) < 4.78 is 5.06. The average molecular weight is 470 g/mol. The molecule has 33 heavy (non-hydrogen) atoms. The predicted octanol–water partition coefficient (Wildman–Crippen LogP) is 3.06. The number of nitrogens with zero attached hydrogens (tertiary/aromatic N) is 2. The average Bonchev–Trinajstić information content (AvgIpc) is 3.05. The number of pyridine rings is 1. The van der Waals surface area contributed by atoms with E-state index >= 15 is 0 Å². The SMILES string of the molecule is CC(C)OC(=O)c1ccc(NC(=O)Cc2ccc(/C=C3\SC(=O)NC3=O)cc2[N+](=O)[O-])nc1. The van der Waals surface area contributed by atoms with Crippen molar-refractivity contribution in [3.8, 4) is 0 Å². The Hall–Kier alpha value is -4.06. The fourth-order valence-corrected chi connectivity index (χ4v) is 3.48. The Morgan fingerprint density at radius 1 is 1.27 bits per heavy atom. The third-order valence-electron chi connectivity index (χ3n) is 4.21. The largest absolute Gasteiger partial charge is 0.459 e. The highest BCUT2D eigenvalue weighted by atomic mass is 32.2. The molecule has 0 spiro atoms. The maximum absolute atomic E-state index is 12.4. The van der Waals surface area contributed by atoms with E-state index in [2.05, 4.69) is 15.6 Å². The summed E-state index contributed by atoms with van der Waals surface area (Å²) >= 11 is 0.696. The molecular formula is C21H18N4O7S. The van der Waals surface area contributed by atoms with Crippen molar-refractivity contribution >= 4 is 52.4 Å². The molecule has 0 atom stereocenters. The van der Waals surface area contributed by atoms with E-state index in [1.807, 2.05) is 0 Å². The van der Waals surface area contributed by atoms with E-state index in [0.29, 0.717) is 17.3 Å². The number of rotatable bonds is 7. The molecule has 2 aromatic rings. The van der Waals surface area contributed by atoms with Crippen LogP contribution in [0, 0.1) is 10.1 Å². The van der Waals surface area contributed by atoms with Crippen LogP contribution >= 0.6 is 11.8 Å². The molecule has 2 heterocycles. The van der Waals surface area contributed by atoms with Gasteiger partial charge in [0.2, 0.25) is 5.91 Å². The zero-order valence-corrected chi connectivity index (χ0v) is 18.3. The molecule has 3 amide bonds. The van der Waals surface area contributed by atoms with Gasteiger partial charge in [0, 0.05) is 17.8 Å². The number of hydrogen-bond donors (Lipinski definition) is 2. The number of benzene rings is 1. The Balaban J connectivity index is 1.71. The van der Waals surface area contributed by atoms with Gasteiger partial charge in [-0.2, -0.15) is 0 Å². The van der Waals surface area contributed by atoms with E-state index in [1.165, 1.54) is 42.6 Å². The molecule has 1 aromatic heterocycles. The van der Waals surface area contributed by atoms with Crippen molar-refractivity contribution in [2.24, 2.45) is 0 Å². The van der Waals surface area contributed by atoms with Crippen LogP contribution in [0.5, 0.6) is 0 Å². The number of carbonyl (C=O) groups is 4. The fraction of sp³-hybridized carbons (Fsp3) is 0.190. The van der Waals surface area contributed by atoms with Crippen molar-refractivity contribution in [2.45, 2.75) is 26.4 Å². The molecule has 0 aliphatic carbocycles. The molecule has 1 fully saturated rings. The minimum atomic E-state index is -0.634. The smallest absolute Gasteiger partial charge is 0.339 e. The molecule has 1 aromatic carbocycles. The summed E-state index contributed by atoms with van der Waals surface area (Å²) in [6.07, 6.45) is 2.02. The quantitative estimate of drug-likeness (QED) is 0.268. The summed E-state index contributed by atoms with van der Waals surface area (Å²) in [5.41, 5.74) is 0.395. The number of imide groups is 1. The summed E-state index contributed by atoms with van der Waals surface area (Å²) in [4.78, 5) is 62.1. The Labute approximate surface area is 191 Å². The van der Waals surface area contributed by atoms with Crippen LogP contribution in [0.4, 0.5) is 16.3 Å². The maximum atomic E-state index is 12.4. The predicted molar refractivity (Wildman–Crippen MR) is 119 cm³/mol. The van der Waals surface area contributed by atoms with E-state index < -0.39 is 27.9 Å².